The summed E-state index contributed by atoms with van der Waals surface area (Å²) in [6.07, 6.45) is 3.88. The van der Waals surface area contributed by atoms with E-state index in [1.807, 2.05) is 61.5 Å². The second kappa shape index (κ2) is 9.85. The normalized spacial score (nSPS) is 22.3. The first-order valence-electron chi connectivity index (χ1n) is 12.0. The van der Waals surface area contributed by atoms with Crippen LogP contribution in [0.5, 0.6) is 11.5 Å². The van der Waals surface area contributed by atoms with Crippen molar-refractivity contribution in [3.8, 4) is 11.5 Å². The van der Waals surface area contributed by atoms with Crippen molar-refractivity contribution in [2.75, 3.05) is 13.2 Å². The molecule has 5 rings (SSSR count). The first-order valence-corrected chi connectivity index (χ1v) is 12.0. The number of ether oxygens (including phenoxy) is 3. The molecular weight excluding hydrogens is 430 g/mol. The van der Waals surface area contributed by atoms with Gasteiger partial charge in [-0.3, -0.25) is 4.79 Å². The van der Waals surface area contributed by atoms with Crippen LogP contribution < -0.4 is 10.1 Å². The number of para-hydroxylation sites is 1. The molecule has 34 heavy (non-hydrogen) atoms. The highest BCUT2D eigenvalue weighted by Gasteiger charge is 2.39. The smallest absolute Gasteiger partial charge is 0.336 e. The maximum Gasteiger partial charge on any atom is 0.336 e. The quantitative estimate of drug-likeness (QED) is 0.601. The fourth-order valence-corrected chi connectivity index (χ4v) is 4.99. The van der Waals surface area contributed by atoms with E-state index in [4.69, 9.17) is 14.2 Å². The number of carbonyl (C=O) groups is 2. The van der Waals surface area contributed by atoms with Crippen LogP contribution >= 0.6 is 0 Å². The lowest BCUT2D eigenvalue weighted by atomic mass is 9.75. The summed E-state index contributed by atoms with van der Waals surface area (Å²) in [7, 11) is 0. The number of dihydropyridines is 1. The van der Waals surface area contributed by atoms with Gasteiger partial charge in [-0.15, -0.1) is 0 Å². The highest BCUT2D eigenvalue weighted by Crippen LogP contribution is 2.43. The number of allylic oxidation sites excluding steroid dienone is 3. The molecule has 3 aliphatic rings. The summed E-state index contributed by atoms with van der Waals surface area (Å²) in [4.78, 5) is 26.5. The molecule has 2 aromatic carbocycles. The minimum absolute atomic E-state index is 0.0615. The molecule has 1 fully saturated rings. The second-order valence-electron chi connectivity index (χ2n) is 8.99. The molecule has 0 aromatic heterocycles. The Labute approximate surface area is 199 Å². The Morgan fingerprint density at radius 3 is 2.68 bits per heavy atom. The van der Waals surface area contributed by atoms with Crippen LogP contribution in [0.25, 0.3) is 0 Å². The fourth-order valence-electron chi connectivity index (χ4n) is 4.99. The molecule has 0 radical (unpaired) electrons. The van der Waals surface area contributed by atoms with Gasteiger partial charge in [0.25, 0.3) is 0 Å². The zero-order valence-electron chi connectivity index (χ0n) is 19.3. The monoisotopic (exact) mass is 459 g/mol. The summed E-state index contributed by atoms with van der Waals surface area (Å²) >= 11 is 0. The zero-order valence-corrected chi connectivity index (χ0v) is 19.3. The Hall–Kier alpha value is -3.38. The third-order valence-electron chi connectivity index (χ3n) is 6.59. The van der Waals surface area contributed by atoms with Gasteiger partial charge >= 0.3 is 5.97 Å². The maximum absolute atomic E-state index is 13.4. The zero-order chi connectivity index (χ0) is 23.5. The third-order valence-corrected chi connectivity index (χ3v) is 6.59. The van der Waals surface area contributed by atoms with Crippen LogP contribution in [0, 0.1) is 0 Å². The van der Waals surface area contributed by atoms with Crippen LogP contribution in [0.2, 0.25) is 0 Å². The van der Waals surface area contributed by atoms with Crippen molar-refractivity contribution < 1.29 is 23.8 Å². The Morgan fingerprint density at radius 1 is 1.06 bits per heavy atom. The topological polar surface area (TPSA) is 73.9 Å². The molecule has 2 atom stereocenters. The van der Waals surface area contributed by atoms with Crippen LogP contribution in [0.15, 0.2) is 77.1 Å². The Balaban J connectivity index is 1.49. The predicted octanol–water partition coefficient (Wildman–Crippen LogP) is 5.17. The lowest BCUT2D eigenvalue weighted by Gasteiger charge is -2.34. The fraction of sp³-hybridized carbons (Fsp3) is 0.357. The van der Waals surface area contributed by atoms with E-state index in [2.05, 4.69) is 5.32 Å². The Kier molecular flexibility index (Phi) is 6.50. The molecule has 1 N–H and O–H groups in total. The summed E-state index contributed by atoms with van der Waals surface area (Å²) in [5, 5.41) is 3.34. The molecule has 0 bridgehead atoms. The predicted molar refractivity (Wildman–Crippen MR) is 127 cm³/mol. The van der Waals surface area contributed by atoms with Crippen molar-refractivity contribution in [1.29, 1.82) is 0 Å². The lowest BCUT2D eigenvalue weighted by molar-refractivity contribution is -0.142. The second-order valence-corrected chi connectivity index (χ2v) is 8.99. The number of benzene rings is 2. The van der Waals surface area contributed by atoms with Gasteiger partial charge in [-0.2, -0.15) is 0 Å². The number of esters is 1. The van der Waals surface area contributed by atoms with Crippen molar-refractivity contribution in [1.82, 2.24) is 5.32 Å². The number of carbonyl (C=O) groups excluding carboxylic acids is 2. The first-order chi connectivity index (χ1) is 16.6. The lowest BCUT2D eigenvalue weighted by Crippen LogP contribution is -2.35. The van der Waals surface area contributed by atoms with Crippen LogP contribution in [-0.4, -0.2) is 31.1 Å². The molecule has 2 aliphatic heterocycles. The summed E-state index contributed by atoms with van der Waals surface area (Å²) in [6, 6.07) is 17.2. The van der Waals surface area contributed by atoms with Crippen LogP contribution in [0.4, 0.5) is 0 Å². The maximum atomic E-state index is 13.4. The van der Waals surface area contributed by atoms with Crippen molar-refractivity contribution in [3.63, 3.8) is 0 Å². The van der Waals surface area contributed by atoms with Gasteiger partial charge in [-0.05, 0) is 62.4 Å². The average molecular weight is 460 g/mol. The van der Waals surface area contributed by atoms with Gasteiger partial charge in [0, 0.05) is 35.9 Å². The minimum atomic E-state index is -0.500. The van der Waals surface area contributed by atoms with E-state index in [9.17, 15) is 9.59 Å². The van der Waals surface area contributed by atoms with E-state index in [1.54, 1.807) is 0 Å². The van der Waals surface area contributed by atoms with Crippen molar-refractivity contribution in [2.24, 2.45) is 0 Å². The summed E-state index contributed by atoms with van der Waals surface area (Å²) < 4.78 is 17.4. The number of nitrogens with one attached hydrogen (secondary N) is 1. The molecule has 0 amide bonds. The number of rotatable bonds is 6. The number of ketones is 1. The molecule has 2 aromatic rings. The summed E-state index contributed by atoms with van der Waals surface area (Å²) in [6.45, 7) is 2.80. The van der Waals surface area contributed by atoms with Crippen molar-refractivity contribution in [2.45, 2.75) is 51.0 Å². The summed E-state index contributed by atoms with van der Waals surface area (Å²) in [5.41, 5.74) is 3.61. The third kappa shape index (κ3) is 4.64. The molecule has 176 valence electrons. The van der Waals surface area contributed by atoms with E-state index < -0.39 is 11.9 Å². The highest BCUT2D eigenvalue weighted by atomic mass is 16.6. The van der Waals surface area contributed by atoms with Crippen molar-refractivity contribution in [3.05, 3.63) is 82.7 Å². The molecule has 1 saturated heterocycles. The van der Waals surface area contributed by atoms with E-state index in [0.717, 1.165) is 48.4 Å². The van der Waals surface area contributed by atoms with Crippen LogP contribution in [0.3, 0.4) is 0 Å². The number of hydrogen-bond donors (Lipinski definition) is 1. The van der Waals surface area contributed by atoms with Gasteiger partial charge in [0.05, 0.1) is 11.7 Å². The SMILES string of the molecule is CC1=C(C(=O)OC[C@H]2CCCO2)[C@H](c2cccc(Oc3ccccc3)c2)C2=C(CCCC2=O)N1. The van der Waals surface area contributed by atoms with Crippen LogP contribution in [0.1, 0.15) is 50.5 Å². The number of hydrogen-bond acceptors (Lipinski definition) is 6. The number of Topliss-reactive ketones (excluding diaryl/α,β-unsaturated/α-hetero) is 1. The van der Waals surface area contributed by atoms with Gasteiger partial charge in [0.1, 0.15) is 18.1 Å². The van der Waals surface area contributed by atoms with Gasteiger partial charge in [0.15, 0.2) is 5.78 Å². The molecule has 6 heteroatoms. The minimum Gasteiger partial charge on any atom is -0.459 e. The Bertz CT molecular complexity index is 1140. The van der Waals surface area contributed by atoms with Gasteiger partial charge in [-0.25, -0.2) is 4.79 Å². The Morgan fingerprint density at radius 2 is 1.88 bits per heavy atom. The van der Waals surface area contributed by atoms with E-state index in [0.29, 0.717) is 29.9 Å². The molecule has 0 unspecified atom stereocenters. The summed E-state index contributed by atoms with van der Waals surface area (Å²) in [5.74, 6) is 0.536. The molecule has 6 nitrogen and oxygen atoms in total. The van der Waals surface area contributed by atoms with E-state index >= 15 is 0 Å². The molecule has 0 saturated carbocycles. The van der Waals surface area contributed by atoms with Gasteiger partial charge in [-0.1, -0.05) is 30.3 Å². The van der Waals surface area contributed by atoms with Crippen molar-refractivity contribution >= 4 is 11.8 Å². The first kappa shape index (κ1) is 22.4. The highest BCUT2D eigenvalue weighted by molar-refractivity contribution is 6.03. The van der Waals surface area contributed by atoms with Gasteiger partial charge < -0.3 is 19.5 Å². The molecular formula is C28H29NO5. The molecule has 2 heterocycles. The van der Waals surface area contributed by atoms with Gasteiger partial charge in [0.2, 0.25) is 0 Å². The van der Waals surface area contributed by atoms with E-state index in [1.165, 1.54) is 0 Å². The average Bonchev–Trinajstić information content (AvgIpc) is 3.36. The largest absolute Gasteiger partial charge is 0.459 e. The molecule has 1 aliphatic carbocycles. The van der Waals surface area contributed by atoms with E-state index in [-0.39, 0.29) is 18.5 Å². The standard InChI is InChI=1S/C28H29NO5/c1-18-25(28(31)33-17-22-12-7-15-32-22)26(27-23(29-18)13-6-14-24(27)30)19-8-5-11-21(16-19)34-20-9-3-2-4-10-20/h2-5,8-11,16,22,26,29H,6-7,12-15,17H2,1H3/t22-,26+/m1/s1. The van der Waals surface area contributed by atoms with Crippen LogP contribution in [-0.2, 0) is 19.1 Å². The molecule has 0 spiro atoms.